The molecule has 1 N–H and O–H groups in total. The summed E-state index contributed by atoms with van der Waals surface area (Å²) in [6, 6.07) is 8.12. The topological polar surface area (TPSA) is 33.1 Å². The Balaban J connectivity index is 2.17. The van der Waals surface area contributed by atoms with E-state index in [9.17, 15) is 5.11 Å². The second-order valence-corrected chi connectivity index (χ2v) is 7.02. The van der Waals surface area contributed by atoms with Gasteiger partial charge in [-0.2, -0.15) is 0 Å². The molecule has 0 spiro atoms. The molecule has 1 aromatic heterocycles. The van der Waals surface area contributed by atoms with Crippen LogP contribution < -0.4 is 0 Å². The molecule has 0 radical (unpaired) electrons. The quantitative estimate of drug-likeness (QED) is 0.660. The van der Waals surface area contributed by atoms with Gasteiger partial charge in [-0.05, 0) is 32.4 Å². The molecule has 2 nitrogen and oxygen atoms in total. The predicted octanol–water partition coefficient (Wildman–Crippen LogP) is 4.10. The molecule has 0 amide bonds. The van der Waals surface area contributed by atoms with Crippen LogP contribution in [0.15, 0.2) is 40.8 Å². The van der Waals surface area contributed by atoms with Crippen LogP contribution in [-0.4, -0.2) is 21.4 Å². The minimum atomic E-state index is -0.362. The standard InChI is InChI=1S/C14H17NOS2/c1-9(2)8-13(10(3)16)18-14-15-11-6-4-5-7-12(11)17-14/h4-7,10,13,16H,1,8H2,2-3H3/t10-,13-/m0/s1. The lowest BCUT2D eigenvalue weighted by Gasteiger charge is -2.17. The van der Waals surface area contributed by atoms with Crippen LogP contribution >= 0.6 is 23.1 Å². The van der Waals surface area contributed by atoms with Gasteiger partial charge in [0.1, 0.15) is 0 Å². The molecule has 2 atom stereocenters. The van der Waals surface area contributed by atoms with Crippen LogP contribution in [0.4, 0.5) is 0 Å². The lowest BCUT2D eigenvalue weighted by atomic mass is 10.1. The summed E-state index contributed by atoms with van der Waals surface area (Å²) in [5.41, 5.74) is 2.12. The Morgan fingerprint density at radius 2 is 2.22 bits per heavy atom. The van der Waals surface area contributed by atoms with Gasteiger partial charge in [0.2, 0.25) is 0 Å². The van der Waals surface area contributed by atoms with Gasteiger partial charge >= 0.3 is 0 Å². The third kappa shape index (κ3) is 3.34. The maximum atomic E-state index is 9.81. The second-order valence-electron chi connectivity index (χ2n) is 4.51. The van der Waals surface area contributed by atoms with Crippen molar-refractivity contribution in [2.24, 2.45) is 0 Å². The first-order valence-electron chi connectivity index (χ1n) is 5.91. The van der Waals surface area contributed by atoms with Crippen molar-refractivity contribution in [1.82, 2.24) is 4.98 Å². The summed E-state index contributed by atoms with van der Waals surface area (Å²) in [6.45, 7) is 7.74. The minimum absolute atomic E-state index is 0.128. The van der Waals surface area contributed by atoms with Crippen molar-refractivity contribution < 1.29 is 5.11 Å². The van der Waals surface area contributed by atoms with Crippen LogP contribution in [0.5, 0.6) is 0 Å². The highest BCUT2D eigenvalue weighted by atomic mass is 32.2. The molecule has 18 heavy (non-hydrogen) atoms. The number of fused-ring (bicyclic) bond motifs is 1. The fourth-order valence-electron chi connectivity index (χ4n) is 1.69. The largest absolute Gasteiger partial charge is 0.392 e. The van der Waals surface area contributed by atoms with Crippen LogP contribution in [0.25, 0.3) is 10.2 Å². The number of aromatic nitrogens is 1. The minimum Gasteiger partial charge on any atom is -0.392 e. The van der Waals surface area contributed by atoms with E-state index in [2.05, 4.69) is 17.6 Å². The monoisotopic (exact) mass is 279 g/mol. The Morgan fingerprint density at radius 3 is 2.83 bits per heavy atom. The average Bonchev–Trinajstić information content (AvgIpc) is 2.69. The summed E-state index contributed by atoms with van der Waals surface area (Å²) in [6.07, 6.45) is 0.455. The fraction of sp³-hybridized carbons (Fsp3) is 0.357. The molecule has 2 rings (SSSR count). The number of hydrogen-bond acceptors (Lipinski definition) is 4. The first-order chi connectivity index (χ1) is 8.56. The maximum absolute atomic E-state index is 9.81. The van der Waals surface area contributed by atoms with Gasteiger partial charge in [0.25, 0.3) is 0 Å². The Hall–Kier alpha value is -0.840. The molecule has 1 aromatic carbocycles. The van der Waals surface area contributed by atoms with Crippen molar-refractivity contribution in [3.63, 3.8) is 0 Å². The number of thioether (sulfide) groups is 1. The van der Waals surface area contributed by atoms with E-state index in [0.717, 1.165) is 21.9 Å². The maximum Gasteiger partial charge on any atom is 0.151 e. The molecule has 0 aliphatic rings. The van der Waals surface area contributed by atoms with Gasteiger partial charge in [-0.25, -0.2) is 4.98 Å². The smallest absolute Gasteiger partial charge is 0.151 e. The summed E-state index contributed by atoms with van der Waals surface area (Å²) in [5, 5.41) is 9.94. The number of benzene rings is 1. The lowest BCUT2D eigenvalue weighted by molar-refractivity contribution is 0.191. The molecule has 0 unspecified atom stereocenters. The lowest BCUT2D eigenvalue weighted by Crippen LogP contribution is -2.19. The molecule has 4 heteroatoms. The van der Waals surface area contributed by atoms with Gasteiger partial charge in [0, 0.05) is 5.25 Å². The molecule has 0 aliphatic heterocycles. The van der Waals surface area contributed by atoms with Gasteiger partial charge in [0.15, 0.2) is 4.34 Å². The van der Waals surface area contributed by atoms with E-state index in [1.54, 1.807) is 23.1 Å². The molecule has 0 saturated heterocycles. The summed E-state index contributed by atoms with van der Waals surface area (Å²) in [5.74, 6) is 0. The molecule has 0 saturated carbocycles. The first kappa shape index (κ1) is 13.6. The van der Waals surface area contributed by atoms with Crippen LogP contribution in [0.1, 0.15) is 20.3 Å². The highest BCUT2D eigenvalue weighted by molar-refractivity contribution is 8.01. The Labute approximate surface area is 116 Å². The van der Waals surface area contributed by atoms with Gasteiger partial charge in [0.05, 0.1) is 16.3 Å². The van der Waals surface area contributed by atoms with E-state index in [1.807, 2.05) is 32.0 Å². The van der Waals surface area contributed by atoms with Crippen LogP contribution in [-0.2, 0) is 0 Å². The number of hydrogen-bond donors (Lipinski definition) is 1. The van der Waals surface area contributed by atoms with E-state index in [0.29, 0.717) is 0 Å². The van der Waals surface area contributed by atoms with Crippen molar-refractivity contribution in [2.75, 3.05) is 0 Å². The molecule has 2 aromatic rings. The van der Waals surface area contributed by atoms with Crippen molar-refractivity contribution in [2.45, 2.75) is 36.0 Å². The van der Waals surface area contributed by atoms with Gasteiger partial charge in [-0.3, -0.25) is 0 Å². The van der Waals surface area contributed by atoms with Crippen molar-refractivity contribution in [3.8, 4) is 0 Å². The van der Waals surface area contributed by atoms with Crippen molar-refractivity contribution in [3.05, 3.63) is 36.4 Å². The van der Waals surface area contributed by atoms with Crippen LogP contribution in [0, 0.1) is 0 Å². The zero-order chi connectivity index (χ0) is 13.1. The van der Waals surface area contributed by atoms with Gasteiger partial charge in [-0.1, -0.05) is 29.5 Å². The molecule has 0 fully saturated rings. The van der Waals surface area contributed by atoms with E-state index in [4.69, 9.17) is 0 Å². The van der Waals surface area contributed by atoms with E-state index >= 15 is 0 Å². The number of aliphatic hydroxyl groups excluding tert-OH is 1. The predicted molar refractivity (Wildman–Crippen MR) is 80.4 cm³/mol. The van der Waals surface area contributed by atoms with Crippen molar-refractivity contribution in [1.29, 1.82) is 0 Å². The summed E-state index contributed by atoms with van der Waals surface area (Å²) in [7, 11) is 0. The summed E-state index contributed by atoms with van der Waals surface area (Å²) < 4.78 is 2.21. The third-order valence-corrected chi connectivity index (χ3v) is 5.14. The zero-order valence-corrected chi connectivity index (χ0v) is 12.2. The van der Waals surface area contributed by atoms with E-state index < -0.39 is 0 Å². The average molecular weight is 279 g/mol. The molecule has 1 heterocycles. The number of nitrogens with zero attached hydrogens (tertiary/aromatic N) is 1. The van der Waals surface area contributed by atoms with Crippen LogP contribution in [0.3, 0.4) is 0 Å². The first-order valence-corrected chi connectivity index (χ1v) is 7.60. The normalized spacial score (nSPS) is 14.6. The van der Waals surface area contributed by atoms with E-state index in [1.165, 1.54) is 4.70 Å². The molecule has 96 valence electrons. The number of allylic oxidation sites excluding steroid dienone is 1. The Morgan fingerprint density at radius 1 is 1.50 bits per heavy atom. The highest BCUT2D eigenvalue weighted by Gasteiger charge is 2.18. The number of thiazole rings is 1. The molecule has 0 aliphatic carbocycles. The molecular formula is C14H17NOS2. The van der Waals surface area contributed by atoms with Crippen LogP contribution in [0.2, 0.25) is 0 Å². The third-order valence-electron chi connectivity index (χ3n) is 2.61. The fourth-order valence-corrected chi connectivity index (χ4v) is 4.19. The van der Waals surface area contributed by atoms with E-state index in [-0.39, 0.29) is 11.4 Å². The highest BCUT2D eigenvalue weighted by Crippen LogP contribution is 2.35. The Bertz CT molecular complexity index is 514. The summed E-state index contributed by atoms with van der Waals surface area (Å²) >= 11 is 3.33. The molecular weight excluding hydrogens is 262 g/mol. The Kier molecular flexibility index (Phi) is 4.43. The zero-order valence-electron chi connectivity index (χ0n) is 10.6. The van der Waals surface area contributed by atoms with Gasteiger partial charge in [-0.15, -0.1) is 17.9 Å². The second kappa shape index (κ2) is 5.87. The van der Waals surface area contributed by atoms with Crippen molar-refractivity contribution >= 4 is 33.3 Å². The SMILES string of the molecule is C=C(C)C[C@H](Sc1nc2ccccc2s1)[C@H](C)O. The molecule has 0 bridgehead atoms. The van der Waals surface area contributed by atoms with Gasteiger partial charge < -0.3 is 5.11 Å². The number of para-hydroxylation sites is 1. The number of rotatable bonds is 5. The number of aliphatic hydroxyl groups is 1. The summed E-state index contributed by atoms with van der Waals surface area (Å²) in [4.78, 5) is 4.58.